The molecule has 0 spiro atoms. The fraction of sp³-hybridized carbons (Fsp3) is 0.429. The van der Waals surface area contributed by atoms with Gasteiger partial charge in [0.2, 0.25) is 0 Å². The van der Waals surface area contributed by atoms with Crippen LogP contribution in [0.4, 0.5) is 0 Å². The van der Waals surface area contributed by atoms with Gasteiger partial charge in [-0.2, -0.15) is 0 Å². The quantitative estimate of drug-likeness (QED) is 0.787. The molecule has 1 amide bonds. The van der Waals surface area contributed by atoms with Crippen molar-refractivity contribution in [3.8, 4) is 0 Å². The zero-order valence-electron chi connectivity index (χ0n) is 11.1. The summed E-state index contributed by atoms with van der Waals surface area (Å²) in [5, 5.41) is 11.3. The van der Waals surface area contributed by atoms with Gasteiger partial charge >= 0.3 is 5.97 Å². The average Bonchev–Trinajstić information content (AvgIpc) is 2.38. The highest BCUT2D eigenvalue weighted by Gasteiger charge is 2.21. The van der Waals surface area contributed by atoms with E-state index in [1.54, 1.807) is 6.92 Å². The molecule has 2 atom stereocenters. The van der Waals surface area contributed by atoms with Crippen molar-refractivity contribution >= 4 is 11.9 Å². The lowest BCUT2D eigenvalue weighted by atomic mass is 10.1. The molecule has 0 saturated carbocycles. The summed E-state index contributed by atoms with van der Waals surface area (Å²) in [4.78, 5) is 22.5. The molecule has 0 aromatic heterocycles. The maximum absolute atomic E-state index is 12.0. The van der Waals surface area contributed by atoms with Crippen LogP contribution in [0, 0.1) is 0 Å². The molecule has 0 aliphatic heterocycles. The molecule has 104 valence electrons. The first-order valence-corrected chi connectivity index (χ1v) is 6.14. The van der Waals surface area contributed by atoms with Gasteiger partial charge < -0.3 is 15.2 Å². The molecule has 2 N–H and O–H groups in total. The Balaban J connectivity index is 2.57. The van der Waals surface area contributed by atoms with Crippen LogP contribution in [0.1, 0.15) is 31.4 Å². The topological polar surface area (TPSA) is 75.6 Å². The number of rotatable bonds is 7. The van der Waals surface area contributed by atoms with Crippen LogP contribution >= 0.6 is 0 Å². The van der Waals surface area contributed by atoms with Crippen LogP contribution in [-0.2, 0) is 14.3 Å². The standard InChI is InChI=1S/C14H19NO4/c1-10(8-9-12(16)17)15-14(18)13(19-2)11-6-4-3-5-7-11/h3-7,10,13H,8-9H2,1-2H3,(H,15,18)(H,16,17). The van der Waals surface area contributed by atoms with Crippen LogP contribution in [0.2, 0.25) is 0 Å². The maximum Gasteiger partial charge on any atom is 0.303 e. The Kier molecular flexibility index (Phi) is 6.02. The SMILES string of the molecule is COC(C(=O)NC(C)CCC(=O)O)c1ccccc1. The van der Waals surface area contributed by atoms with Crippen LogP contribution in [0.3, 0.4) is 0 Å². The minimum atomic E-state index is -0.868. The van der Waals surface area contributed by atoms with Gasteiger partial charge in [0, 0.05) is 19.6 Å². The van der Waals surface area contributed by atoms with E-state index in [2.05, 4.69) is 5.32 Å². The zero-order chi connectivity index (χ0) is 14.3. The van der Waals surface area contributed by atoms with Gasteiger partial charge in [-0.1, -0.05) is 30.3 Å². The molecular weight excluding hydrogens is 246 g/mol. The van der Waals surface area contributed by atoms with Gasteiger partial charge in [-0.25, -0.2) is 0 Å². The first-order valence-electron chi connectivity index (χ1n) is 6.14. The fourth-order valence-corrected chi connectivity index (χ4v) is 1.75. The molecule has 5 nitrogen and oxygen atoms in total. The third kappa shape index (κ3) is 5.09. The highest BCUT2D eigenvalue weighted by atomic mass is 16.5. The normalized spacial score (nSPS) is 13.6. The van der Waals surface area contributed by atoms with E-state index in [1.807, 2.05) is 30.3 Å². The molecule has 0 aliphatic carbocycles. The number of benzene rings is 1. The minimum absolute atomic E-state index is 0.0322. The molecule has 0 radical (unpaired) electrons. The summed E-state index contributed by atoms with van der Waals surface area (Å²) in [6.45, 7) is 1.78. The third-order valence-corrected chi connectivity index (χ3v) is 2.76. The number of hydrogen-bond donors (Lipinski definition) is 2. The predicted molar refractivity (Wildman–Crippen MR) is 70.7 cm³/mol. The van der Waals surface area contributed by atoms with Gasteiger partial charge in [0.1, 0.15) is 0 Å². The molecule has 1 aromatic rings. The van der Waals surface area contributed by atoms with E-state index in [4.69, 9.17) is 9.84 Å². The number of carbonyl (C=O) groups excluding carboxylic acids is 1. The second kappa shape index (κ2) is 7.53. The van der Waals surface area contributed by atoms with E-state index in [-0.39, 0.29) is 18.4 Å². The molecule has 5 heteroatoms. The monoisotopic (exact) mass is 265 g/mol. The van der Waals surface area contributed by atoms with Crippen molar-refractivity contribution in [3.63, 3.8) is 0 Å². The van der Waals surface area contributed by atoms with Gasteiger partial charge in [0.25, 0.3) is 5.91 Å². The molecule has 0 heterocycles. The third-order valence-electron chi connectivity index (χ3n) is 2.76. The summed E-state index contributed by atoms with van der Waals surface area (Å²) >= 11 is 0. The lowest BCUT2D eigenvalue weighted by molar-refractivity contribution is -0.138. The van der Waals surface area contributed by atoms with E-state index in [9.17, 15) is 9.59 Å². The summed E-state index contributed by atoms with van der Waals surface area (Å²) in [5.74, 6) is -1.13. The van der Waals surface area contributed by atoms with Gasteiger partial charge in [-0.3, -0.25) is 9.59 Å². The second-order valence-corrected chi connectivity index (χ2v) is 4.37. The maximum atomic E-state index is 12.0. The lowest BCUT2D eigenvalue weighted by Crippen LogP contribution is -2.37. The van der Waals surface area contributed by atoms with E-state index < -0.39 is 12.1 Å². The number of ether oxygens (including phenoxy) is 1. The van der Waals surface area contributed by atoms with Crippen LogP contribution in [0.25, 0.3) is 0 Å². The van der Waals surface area contributed by atoms with Crippen molar-refractivity contribution in [1.82, 2.24) is 5.32 Å². The summed E-state index contributed by atoms with van der Waals surface area (Å²) in [7, 11) is 1.47. The number of carbonyl (C=O) groups is 2. The molecule has 2 unspecified atom stereocenters. The summed E-state index contributed by atoms with van der Waals surface area (Å²) < 4.78 is 5.20. The Morgan fingerprint density at radius 1 is 1.32 bits per heavy atom. The van der Waals surface area contributed by atoms with Gasteiger partial charge in [0.05, 0.1) is 0 Å². The van der Waals surface area contributed by atoms with Gasteiger partial charge in [-0.15, -0.1) is 0 Å². The number of amides is 1. The van der Waals surface area contributed by atoms with Crippen LogP contribution in [0.5, 0.6) is 0 Å². The second-order valence-electron chi connectivity index (χ2n) is 4.37. The van der Waals surface area contributed by atoms with Crippen molar-refractivity contribution < 1.29 is 19.4 Å². The Labute approximate surface area is 112 Å². The van der Waals surface area contributed by atoms with Gasteiger partial charge in [-0.05, 0) is 18.9 Å². The number of carboxylic acid groups (broad SMARTS) is 1. The highest BCUT2D eigenvalue weighted by molar-refractivity contribution is 5.82. The first kappa shape index (κ1) is 15.2. The minimum Gasteiger partial charge on any atom is -0.481 e. The summed E-state index contributed by atoms with van der Waals surface area (Å²) in [6, 6.07) is 8.96. The predicted octanol–water partition coefficient (Wildman–Crippen LogP) is 1.74. The largest absolute Gasteiger partial charge is 0.481 e. The van der Waals surface area contributed by atoms with Crippen molar-refractivity contribution in [3.05, 3.63) is 35.9 Å². The van der Waals surface area contributed by atoms with Crippen molar-refractivity contribution in [2.24, 2.45) is 0 Å². The van der Waals surface area contributed by atoms with Crippen LogP contribution in [0.15, 0.2) is 30.3 Å². The van der Waals surface area contributed by atoms with E-state index in [1.165, 1.54) is 7.11 Å². The molecule has 0 aliphatic rings. The fourth-order valence-electron chi connectivity index (χ4n) is 1.75. The number of methoxy groups -OCH3 is 1. The van der Waals surface area contributed by atoms with Crippen molar-refractivity contribution in [2.75, 3.05) is 7.11 Å². The Morgan fingerprint density at radius 3 is 2.47 bits per heavy atom. The van der Waals surface area contributed by atoms with Crippen molar-refractivity contribution in [2.45, 2.75) is 31.9 Å². The number of nitrogens with one attached hydrogen (secondary N) is 1. The highest BCUT2D eigenvalue weighted by Crippen LogP contribution is 2.16. The number of carboxylic acids is 1. The molecule has 1 rings (SSSR count). The number of aliphatic carboxylic acids is 1. The van der Waals surface area contributed by atoms with Crippen LogP contribution in [-0.4, -0.2) is 30.1 Å². The lowest BCUT2D eigenvalue weighted by Gasteiger charge is -2.19. The van der Waals surface area contributed by atoms with Crippen LogP contribution < -0.4 is 5.32 Å². The van der Waals surface area contributed by atoms with E-state index in [0.29, 0.717) is 6.42 Å². The molecule has 0 fully saturated rings. The van der Waals surface area contributed by atoms with E-state index in [0.717, 1.165) is 5.56 Å². The summed E-state index contributed by atoms with van der Waals surface area (Å²) in [6.07, 6.45) is -0.245. The average molecular weight is 265 g/mol. The van der Waals surface area contributed by atoms with Gasteiger partial charge in [0.15, 0.2) is 6.10 Å². The van der Waals surface area contributed by atoms with E-state index >= 15 is 0 Å². The Bertz CT molecular complexity index is 419. The first-order chi connectivity index (χ1) is 9.04. The summed E-state index contributed by atoms with van der Waals surface area (Å²) in [5.41, 5.74) is 0.771. The molecular formula is C14H19NO4. The molecule has 19 heavy (non-hydrogen) atoms. The molecule has 0 saturated heterocycles. The Hall–Kier alpha value is -1.88. The molecule has 1 aromatic carbocycles. The Morgan fingerprint density at radius 2 is 1.95 bits per heavy atom. The number of hydrogen-bond acceptors (Lipinski definition) is 3. The molecule has 0 bridgehead atoms. The van der Waals surface area contributed by atoms with Crippen molar-refractivity contribution in [1.29, 1.82) is 0 Å². The zero-order valence-corrected chi connectivity index (χ0v) is 11.1. The smallest absolute Gasteiger partial charge is 0.303 e.